The molecule has 0 fully saturated rings. The highest BCUT2D eigenvalue weighted by molar-refractivity contribution is 5.08. The quantitative estimate of drug-likeness (QED) is 0.607. The van der Waals surface area contributed by atoms with Gasteiger partial charge in [-0.1, -0.05) is 32.9 Å². The molecule has 0 rings (SSSR count). The van der Waals surface area contributed by atoms with Crippen molar-refractivity contribution in [2.45, 2.75) is 53.0 Å². The minimum Gasteiger partial charge on any atom is -0.304 e. The molecule has 1 nitrogen and oxygen atoms in total. The van der Waals surface area contributed by atoms with Crippen LogP contribution in [0.25, 0.3) is 0 Å². The molecule has 0 N–H and O–H groups in total. The Labute approximate surface area is 90.2 Å². The van der Waals surface area contributed by atoms with Gasteiger partial charge in [-0.2, -0.15) is 0 Å². The summed E-state index contributed by atoms with van der Waals surface area (Å²) in [6, 6.07) is 0. The zero-order chi connectivity index (χ0) is 11.6. The van der Waals surface area contributed by atoms with Crippen molar-refractivity contribution < 1.29 is 0 Å². The summed E-state index contributed by atoms with van der Waals surface area (Å²) in [6.45, 7) is 15.5. The second-order valence-corrected chi connectivity index (χ2v) is 5.72. The van der Waals surface area contributed by atoms with Crippen molar-refractivity contribution in [1.29, 1.82) is 0 Å². The SMILES string of the molecule is C=C(CC)C(C)(C)CC(C)(C)N(C)C. The summed E-state index contributed by atoms with van der Waals surface area (Å²) in [5, 5.41) is 0. The Morgan fingerprint density at radius 1 is 1.14 bits per heavy atom. The normalized spacial score (nSPS) is 13.4. The van der Waals surface area contributed by atoms with E-state index in [2.05, 4.69) is 60.2 Å². The van der Waals surface area contributed by atoms with Crippen LogP contribution in [0.4, 0.5) is 0 Å². The summed E-state index contributed by atoms with van der Waals surface area (Å²) in [4.78, 5) is 2.29. The molecule has 84 valence electrons. The van der Waals surface area contributed by atoms with Crippen molar-refractivity contribution in [2.75, 3.05) is 14.1 Å². The van der Waals surface area contributed by atoms with E-state index in [1.165, 1.54) is 5.57 Å². The minimum absolute atomic E-state index is 0.238. The van der Waals surface area contributed by atoms with Crippen LogP contribution in [0.5, 0.6) is 0 Å². The van der Waals surface area contributed by atoms with E-state index in [1.807, 2.05) is 0 Å². The van der Waals surface area contributed by atoms with Crippen LogP contribution in [0.2, 0.25) is 0 Å². The number of hydrogen-bond donors (Lipinski definition) is 0. The Morgan fingerprint density at radius 2 is 1.57 bits per heavy atom. The van der Waals surface area contributed by atoms with E-state index in [1.54, 1.807) is 0 Å². The smallest absolute Gasteiger partial charge is 0.0155 e. The summed E-state index contributed by atoms with van der Waals surface area (Å²) in [7, 11) is 4.29. The fourth-order valence-corrected chi connectivity index (χ4v) is 1.84. The minimum atomic E-state index is 0.238. The molecule has 0 aromatic rings. The van der Waals surface area contributed by atoms with Crippen molar-refractivity contribution in [3.8, 4) is 0 Å². The van der Waals surface area contributed by atoms with Gasteiger partial charge in [0.25, 0.3) is 0 Å². The number of nitrogens with zero attached hydrogens (tertiary/aromatic N) is 1. The topological polar surface area (TPSA) is 3.24 Å². The van der Waals surface area contributed by atoms with Crippen LogP contribution in [0.1, 0.15) is 47.5 Å². The third-order valence-corrected chi connectivity index (χ3v) is 3.47. The van der Waals surface area contributed by atoms with E-state index in [0.717, 1.165) is 12.8 Å². The highest BCUT2D eigenvalue weighted by atomic mass is 15.1. The maximum absolute atomic E-state index is 4.17. The molecule has 14 heavy (non-hydrogen) atoms. The number of allylic oxidation sites excluding steroid dienone is 1. The summed E-state index contributed by atoms with van der Waals surface area (Å²) in [6.07, 6.45) is 2.23. The van der Waals surface area contributed by atoms with Crippen molar-refractivity contribution in [2.24, 2.45) is 5.41 Å². The Bertz CT molecular complexity index is 199. The number of rotatable bonds is 5. The van der Waals surface area contributed by atoms with Crippen LogP contribution in [0, 0.1) is 5.41 Å². The molecule has 0 aliphatic carbocycles. The molecule has 0 aromatic heterocycles. The van der Waals surface area contributed by atoms with Gasteiger partial charge >= 0.3 is 0 Å². The van der Waals surface area contributed by atoms with Crippen LogP contribution < -0.4 is 0 Å². The maximum Gasteiger partial charge on any atom is 0.0155 e. The monoisotopic (exact) mass is 197 g/mol. The first-order valence-electron chi connectivity index (χ1n) is 5.49. The molecule has 0 bridgehead atoms. The molecule has 1 heteroatoms. The Balaban J connectivity index is 4.58. The van der Waals surface area contributed by atoms with E-state index in [0.29, 0.717) is 0 Å². The summed E-state index contributed by atoms with van der Waals surface area (Å²) in [5.74, 6) is 0. The van der Waals surface area contributed by atoms with Crippen LogP contribution in [0.15, 0.2) is 12.2 Å². The molecular formula is C13H27N. The molecule has 0 radical (unpaired) electrons. The van der Waals surface area contributed by atoms with Gasteiger partial charge in [0.2, 0.25) is 0 Å². The summed E-state index contributed by atoms with van der Waals surface area (Å²) >= 11 is 0. The maximum atomic E-state index is 4.17. The lowest BCUT2D eigenvalue weighted by Crippen LogP contribution is -2.42. The molecule has 0 unspecified atom stereocenters. The van der Waals surface area contributed by atoms with Crippen molar-refractivity contribution in [3.05, 3.63) is 12.2 Å². The average molecular weight is 197 g/mol. The molecular weight excluding hydrogens is 170 g/mol. The summed E-state index contributed by atoms with van der Waals surface area (Å²) in [5.41, 5.74) is 1.83. The lowest BCUT2D eigenvalue weighted by atomic mass is 9.74. The van der Waals surface area contributed by atoms with Gasteiger partial charge in [0.05, 0.1) is 0 Å². The molecule has 0 heterocycles. The van der Waals surface area contributed by atoms with Crippen LogP contribution in [-0.4, -0.2) is 24.5 Å². The van der Waals surface area contributed by atoms with Gasteiger partial charge in [0.1, 0.15) is 0 Å². The lowest BCUT2D eigenvalue weighted by Gasteiger charge is -2.40. The highest BCUT2D eigenvalue weighted by Crippen LogP contribution is 2.37. The number of hydrogen-bond acceptors (Lipinski definition) is 1. The third-order valence-electron chi connectivity index (χ3n) is 3.47. The predicted octanol–water partition coefficient (Wildman–Crippen LogP) is 3.71. The van der Waals surface area contributed by atoms with E-state index < -0.39 is 0 Å². The van der Waals surface area contributed by atoms with Crippen molar-refractivity contribution >= 4 is 0 Å². The molecule has 0 saturated carbocycles. The van der Waals surface area contributed by atoms with E-state index in [-0.39, 0.29) is 11.0 Å². The Kier molecular flexibility index (Phi) is 4.38. The summed E-state index contributed by atoms with van der Waals surface area (Å²) < 4.78 is 0. The van der Waals surface area contributed by atoms with Gasteiger partial charge in [-0.3, -0.25) is 0 Å². The van der Waals surface area contributed by atoms with Crippen molar-refractivity contribution in [3.63, 3.8) is 0 Å². The first-order valence-corrected chi connectivity index (χ1v) is 5.49. The highest BCUT2D eigenvalue weighted by Gasteiger charge is 2.31. The first kappa shape index (κ1) is 13.7. The lowest BCUT2D eigenvalue weighted by molar-refractivity contribution is 0.135. The molecule has 0 spiro atoms. The van der Waals surface area contributed by atoms with E-state index >= 15 is 0 Å². The second kappa shape index (κ2) is 4.48. The Hall–Kier alpha value is -0.300. The second-order valence-electron chi connectivity index (χ2n) is 5.72. The fraction of sp³-hybridized carbons (Fsp3) is 0.846. The van der Waals surface area contributed by atoms with Crippen molar-refractivity contribution in [1.82, 2.24) is 4.90 Å². The molecule has 0 aromatic carbocycles. The zero-order valence-electron chi connectivity index (χ0n) is 11.1. The molecule has 0 aliphatic rings. The molecule has 0 amide bonds. The van der Waals surface area contributed by atoms with Gasteiger partial charge in [-0.15, -0.1) is 0 Å². The van der Waals surface area contributed by atoms with Crippen LogP contribution >= 0.6 is 0 Å². The zero-order valence-corrected chi connectivity index (χ0v) is 11.1. The van der Waals surface area contributed by atoms with Gasteiger partial charge < -0.3 is 4.90 Å². The predicted molar refractivity (Wildman–Crippen MR) is 65.6 cm³/mol. The van der Waals surface area contributed by atoms with Gasteiger partial charge in [-0.25, -0.2) is 0 Å². The molecule has 0 saturated heterocycles. The average Bonchev–Trinajstić information content (AvgIpc) is 2.00. The van der Waals surface area contributed by atoms with Gasteiger partial charge in [0, 0.05) is 5.54 Å². The van der Waals surface area contributed by atoms with Gasteiger partial charge in [-0.05, 0) is 46.2 Å². The Morgan fingerprint density at radius 3 is 1.86 bits per heavy atom. The van der Waals surface area contributed by atoms with Crippen LogP contribution in [-0.2, 0) is 0 Å². The van der Waals surface area contributed by atoms with Crippen LogP contribution in [0.3, 0.4) is 0 Å². The standard InChI is InChI=1S/C13H27N/c1-9-11(2)12(3,4)10-13(5,6)14(7)8/h2,9-10H2,1,3-8H3. The van der Waals surface area contributed by atoms with E-state index in [4.69, 9.17) is 0 Å². The fourth-order valence-electron chi connectivity index (χ4n) is 1.84. The van der Waals surface area contributed by atoms with E-state index in [9.17, 15) is 0 Å². The first-order chi connectivity index (χ1) is 6.13. The third kappa shape index (κ3) is 3.45. The molecule has 0 atom stereocenters. The molecule has 0 aliphatic heterocycles. The largest absolute Gasteiger partial charge is 0.304 e. The van der Waals surface area contributed by atoms with Gasteiger partial charge in [0.15, 0.2) is 0 Å².